The molecular formula is C17H17ClO2S. The lowest BCUT2D eigenvalue weighted by Crippen LogP contribution is -2.03. The number of halogens is 1. The van der Waals surface area contributed by atoms with Crippen LogP contribution in [0.2, 0.25) is 5.02 Å². The predicted molar refractivity (Wildman–Crippen MR) is 87.0 cm³/mol. The van der Waals surface area contributed by atoms with E-state index in [1.165, 1.54) is 23.3 Å². The largest absolute Gasteiger partial charge is 0.496 e. The van der Waals surface area contributed by atoms with E-state index in [-0.39, 0.29) is 5.78 Å². The molecule has 0 aliphatic heterocycles. The quantitative estimate of drug-likeness (QED) is 0.762. The molecule has 21 heavy (non-hydrogen) atoms. The highest BCUT2D eigenvalue weighted by atomic mass is 35.5. The Morgan fingerprint density at radius 2 is 2.10 bits per heavy atom. The number of rotatable bonds is 4. The molecule has 1 aliphatic carbocycles. The summed E-state index contributed by atoms with van der Waals surface area (Å²) in [6.45, 7) is 0. The summed E-state index contributed by atoms with van der Waals surface area (Å²) in [5.41, 5.74) is 2.22. The topological polar surface area (TPSA) is 26.3 Å². The van der Waals surface area contributed by atoms with Gasteiger partial charge in [-0.1, -0.05) is 11.6 Å². The van der Waals surface area contributed by atoms with Crippen molar-refractivity contribution in [3.8, 4) is 5.75 Å². The SMILES string of the molecule is COc1ccc(Cl)cc1CC(=O)c1cc2c(s1)CCCC2. The first kappa shape index (κ1) is 14.6. The molecule has 1 heterocycles. The lowest BCUT2D eigenvalue weighted by molar-refractivity contribution is 0.0996. The highest BCUT2D eigenvalue weighted by Gasteiger charge is 2.18. The molecule has 1 aromatic heterocycles. The number of ether oxygens (including phenoxy) is 1. The van der Waals surface area contributed by atoms with Crippen LogP contribution < -0.4 is 4.74 Å². The maximum atomic E-state index is 12.5. The zero-order valence-corrected chi connectivity index (χ0v) is 13.5. The normalized spacial score (nSPS) is 13.8. The third-order valence-corrected chi connectivity index (χ3v) is 5.38. The van der Waals surface area contributed by atoms with Crippen LogP contribution in [0.1, 0.15) is 38.5 Å². The molecule has 0 unspecified atom stereocenters. The number of hydrogen-bond donors (Lipinski definition) is 0. The number of hydrogen-bond acceptors (Lipinski definition) is 3. The second-order valence-corrected chi connectivity index (χ2v) is 6.90. The van der Waals surface area contributed by atoms with Crippen LogP contribution in [0.25, 0.3) is 0 Å². The smallest absolute Gasteiger partial charge is 0.177 e. The van der Waals surface area contributed by atoms with Crippen molar-refractivity contribution in [2.75, 3.05) is 7.11 Å². The van der Waals surface area contributed by atoms with Crippen molar-refractivity contribution in [1.29, 1.82) is 0 Å². The van der Waals surface area contributed by atoms with E-state index in [2.05, 4.69) is 6.07 Å². The van der Waals surface area contributed by atoms with E-state index >= 15 is 0 Å². The second kappa shape index (κ2) is 6.20. The summed E-state index contributed by atoms with van der Waals surface area (Å²) < 4.78 is 5.31. The monoisotopic (exact) mass is 320 g/mol. The molecule has 1 aromatic carbocycles. The molecule has 110 valence electrons. The van der Waals surface area contributed by atoms with Crippen LogP contribution in [0, 0.1) is 0 Å². The average Bonchev–Trinajstić information content (AvgIpc) is 2.91. The van der Waals surface area contributed by atoms with Gasteiger partial charge in [-0.2, -0.15) is 0 Å². The lowest BCUT2D eigenvalue weighted by Gasteiger charge is -2.08. The molecular weight excluding hydrogens is 304 g/mol. The molecule has 2 aromatic rings. The molecule has 0 amide bonds. The van der Waals surface area contributed by atoms with Gasteiger partial charge in [-0.3, -0.25) is 4.79 Å². The number of aryl methyl sites for hydroxylation is 2. The summed E-state index contributed by atoms with van der Waals surface area (Å²) in [7, 11) is 1.61. The predicted octanol–water partition coefficient (Wildman–Crippen LogP) is 4.71. The number of fused-ring (bicyclic) bond motifs is 1. The third kappa shape index (κ3) is 3.14. The minimum Gasteiger partial charge on any atom is -0.496 e. The lowest BCUT2D eigenvalue weighted by atomic mass is 9.98. The number of ketones is 1. The van der Waals surface area contributed by atoms with Crippen LogP contribution in [-0.4, -0.2) is 12.9 Å². The highest BCUT2D eigenvalue weighted by Crippen LogP contribution is 2.31. The van der Waals surface area contributed by atoms with Crippen LogP contribution in [0.4, 0.5) is 0 Å². The Morgan fingerprint density at radius 1 is 1.29 bits per heavy atom. The first-order valence-electron chi connectivity index (χ1n) is 7.14. The van der Waals surface area contributed by atoms with Crippen molar-refractivity contribution in [3.63, 3.8) is 0 Å². The van der Waals surface area contributed by atoms with E-state index in [9.17, 15) is 4.79 Å². The Morgan fingerprint density at radius 3 is 2.86 bits per heavy atom. The van der Waals surface area contributed by atoms with E-state index in [4.69, 9.17) is 16.3 Å². The molecule has 2 nitrogen and oxygen atoms in total. The van der Waals surface area contributed by atoms with Gasteiger partial charge in [-0.15, -0.1) is 11.3 Å². The van der Waals surface area contributed by atoms with Crippen LogP contribution in [0.3, 0.4) is 0 Å². The van der Waals surface area contributed by atoms with Crippen LogP contribution >= 0.6 is 22.9 Å². The first-order valence-corrected chi connectivity index (χ1v) is 8.34. The van der Waals surface area contributed by atoms with Gasteiger partial charge >= 0.3 is 0 Å². The highest BCUT2D eigenvalue weighted by molar-refractivity contribution is 7.14. The summed E-state index contributed by atoms with van der Waals surface area (Å²) in [5, 5.41) is 0.629. The van der Waals surface area contributed by atoms with E-state index in [0.717, 1.165) is 23.3 Å². The number of benzene rings is 1. The Bertz CT molecular complexity index is 652. The fourth-order valence-corrected chi connectivity index (χ4v) is 4.16. The average molecular weight is 321 g/mol. The molecule has 1 aliphatic rings. The Labute approximate surface area is 133 Å². The second-order valence-electron chi connectivity index (χ2n) is 5.32. The van der Waals surface area contributed by atoms with E-state index < -0.39 is 0 Å². The van der Waals surface area contributed by atoms with Crippen molar-refractivity contribution >= 4 is 28.7 Å². The number of carbonyl (C=O) groups excluding carboxylic acids is 1. The maximum absolute atomic E-state index is 12.5. The fraction of sp³-hybridized carbons (Fsp3) is 0.353. The molecule has 3 rings (SSSR count). The molecule has 4 heteroatoms. The summed E-state index contributed by atoms with van der Waals surface area (Å²) in [6, 6.07) is 7.48. The van der Waals surface area contributed by atoms with Gasteiger partial charge in [0.2, 0.25) is 0 Å². The Kier molecular flexibility index (Phi) is 4.32. The molecule has 0 spiro atoms. The molecule has 0 atom stereocenters. The van der Waals surface area contributed by atoms with Crippen molar-refractivity contribution in [2.24, 2.45) is 0 Å². The van der Waals surface area contributed by atoms with Gasteiger partial charge in [0.05, 0.1) is 12.0 Å². The summed E-state index contributed by atoms with van der Waals surface area (Å²) >= 11 is 7.68. The zero-order valence-electron chi connectivity index (χ0n) is 11.9. The molecule has 0 fully saturated rings. The van der Waals surface area contributed by atoms with Gasteiger partial charge < -0.3 is 4.74 Å². The Hall–Kier alpha value is -1.32. The molecule has 0 saturated heterocycles. The summed E-state index contributed by atoms with van der Waals surface area (Å²) in [5.74, 6) is 0.865. The standard InChI is InChI=1S/C17H17ClO2S/c1-20-15-7-6-13(18)8-12(15)9-14(19)17-10-11-4-2-3-5-16(11)21-17/h6-8,10H,2-5,9H2,1H3. The minimum atomic E-state index is 0.148. The molecule has 0 saturated carbocycles. The van der Waals surface area contributed by atoms with Gasteiger partial charge in [0.15, 0.2) is 5.78 Å². The van der Waals surface area contributed by atoms with Crippen molar-refractivity contribution in [1.82, 2.24) is 0 Å². The zero-order chi connectivity index (χ0) is 14.8. The third-order valence-electron chi connectivity index (χ3n) is 3.86. The fourth-order valence-electron chi connectivity index (χ4n) is 2.77. The number of carbonyl (C=O) groups is 1. The number of thiophene rings is 1. The maximum Gasteiger partial charge on any atom is 0.177 e. The van der Waals surface area contributed by atoms with Gasteiger partial charge in [0.25, 0.3) is 0 Å². The van der Waals surface area contributed by atoms with Crippen molar-refractivity contribution in [3.05, 3.63) is 50.2 Å². The number of Topliss-reactive ketones (excluding diaryl/α,β-unsaturated/α-hetero) is 1. The summed E-state index contributed by atoms with van der Waals surface area (Å²) in [6.07, 6.45) is 5.04. The van der Waals surface area contributed by atoms with Crippen LogP contribution in [0.15, 0.2) is 24.3 Å². The van der Waals surface area contributed by atoms with Crippen molar-refractivity contribution in [2.45, 2.75) is 32.1 Å². The van der Waals surface area contributed by atoms with E-state index in [1.807, 2.05) is 12.1 Å². The van der Waals surface area contributed by atoms with E-state index in [1.54, 1.807) is 24.5 Å². The number of methoxy groups -OCH3 is 1. The molecule has 0 N–H and O–H groups in total. The van der Waals surface area contributed by atoms with Crippen LogP contribution in [-0.2, 0) is 19.3 Å². The Balaban J connectivity index is 1.83. The molecule has 0 bridgehead atoms. The van der Waals surface area contributed by atoms with Gasteiger partial charge in [-0.25, -0.2) is 0 Å². The van der Waals surface area contributed by atoms with Gasteiger partial charge in [0.1, 0.15) is 5.75 Å². The van der Waals surface area contributed by atoms with Crippen molar-refractivity contribution < 1.29 is 9.53 Å². The van der Waals surface area contributed by atoms with E-state index in [0.29, 0.717) is 17.2 Å². The minimum absolute atomic E-state index is 0.148. The molecule has 0 radical (unpaired) electrons. The van der Waals surface area contributed by atoms with Gasteiger partial charge in [0, 0.05) is 21.9 Å². The summed E-state index contributed by atoms with van der Waals surface area (Å²) in [4.78, 5) is 14.8. The van der Waals surface area contributed by atoms with Crippen LogP contribution in [0.5, 0.6) is 5.75 Å². The first-order chi connectivity index (χ1) is 10.2. The van der Waals surface area contributed by atoms with Gasteiger partial charge in [-0.05, 0) is 55.5 Å².